The second-order valence-electron chi connectivity index (χ2n) is 8.07. The van der Waals surface area contributed by atoms with E-state index in [4.69, 9.17) is 0 Å². The van der Waals surface area contributed by atoms with E-state index >= 15 is 0 Å². The molecule has 0 spiro atoms. The van der Waals surface area contributed by atoms with Gasteiger partial charge in [-0.2, -0.15) is 13.2 Å². The molecule has 34 heavy (non-hydrogen) atoms. The van der Waals surface area contributed by atoms with E-state index in [0.29, 0.717) is 37.4 Å². The number of halogens is 3. The van der Waals surface area contributed by atoms with Crippen LogP contribution < -0.4 is 0 Å². The molecule has 0 saturated heterocycles. The van der Waals surface area contributed by atoms with Gasteiger partial charge in [-0.05, 0) is 52.2 Å². The average molecular weight is 466 g/mol. The van der Waals surface area contributed by atoms with Gasteiger partial charge in [-0.25, -0.2) is 4.68 Å². The molecule has 1 heterocycles. The van der Waals surface area contributed by atoms with E-state index in [1.54, 1.807) is 10.7 Å². The molecule has 5 nitrogen and oxygen atoms in total. The van der Waals surface area contributed by atoms with Crippen LogP contribution in [0, 0.1) is 0 Å². The summed E-state index contributed by atoms with van der Waals surface area (Å²) in [7, 11) is 0. The molecule has 0 radical (unpaired) electrons. The van der Waals surface area contributed by atoms with Gasteiger partial charge in [0.1, 0.15) is 0 Å². The third-order valence-electron chi connectivity index (χ3n) is 5.79. The van der Waals surface area contributed by atoms with E-state index in [1.807, 2.05) is 67.6 Å². The number of tetrazole rings is 1. The zero-order valence-corrected chi connectivity index (χ0v) is 18.9. The van der Waals surface area contributed by atoms with Gasteiger partial charge in [0.2, 0.25) is 0 Å². The third kappa shape index (κ3) is 5.69. The number of aromatic nitrogens is 4. The average Bonchev–Trinajstić information content (AvgIpc) is 3.31. The SMILES string of the molecule is CCN(Cc1ccccc1)C(c1cccc(C(F)(F)F)c1)c1nnnn1CCc1ccccc1. The Kier molecular flexibility index (Phi) is 7.37. The van der Waals surface area contributed by atoms with Gasteiger partial charge >= 0.3 is 6.18 Å². The molecular weight excluding hydrogens is 439 g/mol. The fourth-order valence-electron chi connectivity index (χ4n) is 4.06. The summed E-state index contributed by atoms with van der Waals surface area (Å²) in [6, 6.07) is 24.7. The van der Waals surface area contributed by atoms with Gasteiger partial charge in [0.25, 0.3) is 0 Å². The van der Waals surface area contributed by atoms with Gasteiger partial charge in [-0.15, -0.1) is 5.10 Å². The minimum Gasteiger partial charge on any atom is -0.286 e. The number of rotatable bonds is 9. The van der Waals surface area contributed by atoms with Crippen molar-refractivity contribution in [2.45, 2.75) is 38.7 Å². The van der Waals surface area contributed by atoms with Crippen LogP contribution in [0.15, 0.2) is 84.9 Å². The Morgan fingerprint density at radius 3 is 2.21 bits per heavy atom. The molecule has 0 aliphatic rings. The van der Waals surface area contributed by atoms with Gasteiger partial charge in [-0.1, -0.05) is 79.7 Å². The van der Waals surface area contributed by atoms with Crippen LogP contribution in [-0.4, -0.2) is 31.7 Å². The Morgan fingerprint density at radius 1 is 0.882 bits per heavy atom. The lowest BCUT2D eigenvalue weighted by atomic mass is 10.0. The van der Waals surface area contributed by atoms with Crippen molar-refractivity contribution in [1.29, 1.82) is 0 Å². The van der Waals surface area contributed by atoms with E-state index in [-0.39, 0.29) is 0 Å². The largest absolute Gasteiger partial charge is 0.416 e. The molecular formula is C26H26F3N5. The second-order valence-corrected chi connectivity index (χ2v) is 8.07. The Labute approximate surface area is 196 Å². The van der Waals surface area contributed by atoms with Gasteiger partial charge in [0.15, 0.2) is 5.82 Å². The molecule has 8 heteroatoms. The molecule has 0 aliphatic heterocycles. The predicted octanol–water partition coefficient (Wildman–Crippen LogP) is 5.55. The molecule has 0 aliphatic carbocycles. The molecule has 0 fully saturated rings. The molecule has 4 aromatic rings. The van der Waals surface area contributed by atoms with E-state index < -0.39 is 17.8 Å². The van der Waals surface area contributed by atoms with Crippen LogP contribution in [0.3, 0.4) is 0 Å². The van der Waals surface area contributed by atoms with Crippen molar-refractivity contribution >= 4 is 0 Å². The first kappa shape index (κ1) is 23.6. The van der Waals surface area contributed by atoms with Gasteiger partial charge in [-0.3, -0.25) is 4.90 Å². The van der Waals surface area contributed by atoms with Crippen molar-refractivity contribution in [3.63, 3.8) is 0 Å². The summed E-state index contributed by atoms with van der Waals surface area (Å²) in [5.41, 5.74) is 2.01. The molecule has 1 unspecified atom stereocenters. The third-order valence-corrected chi connectivity index (χ3v) is 5.79. The first-order valence-corrected chi connectivity index (χ1v) is 11.2. The highest BCUT2D eigenvalue weighted by atomic mass is 19.4. The Morgan fingerprint density at radius 2 is 1.56 bits per heavy atom. The number of alkyl halides is 3. The number of benzene rings is 3. The van der Waals surface area contributed by atoms with Crippen molar-refractivity contribution in [2.75, 3.05) is 6.54 Å². The second kappa shape index (κ2) is 10.6. The van der Waals surface area contributed by atoms with Crippen LogP contribution in [-0.2, 0) is 25.7 Å². The maximum absolute atomic E-state index is 13.5. The first-order chi connectivity index (χ1) is 16.5. The molecule has 0 saturated carbocycles. The quantitative estimate of drug-likeness (QED) is 0.325. The molecule has 0 amide bonds. The number of hydrogen-bond acceptors (Lipinski definition) is 4. The summed E-state index contributed by atoms with van der Waals surface area (Å²) in [6.45, 7) is 3.65. The van der Waals surface area contributed by atoms with Crippen molar-refractivity contribution in [2.24, 2.45) is 0 Å². The van der Waals surface area contributed by atoms with Crippen molar-refractivity contribution < 1.29 is 13.2 Å². The molecule has 1 atom stereocenters. The van der Waals surface area contributed by atoms with E-state index in [9.17, 15) is 13.2 Å². The zero-order valence-electron chi connectivity index (χ0n) is 18.9. The number of aryl methyl sites for hydroxylation is 2. The van der Waals surface area contributed by atoms with Crippen molar-refractivity contribution in [3.05, 3.63) is 113 Å². The molecule has 176 valence electrons. The summed E-state index contributed by atoms with van der Waals surface area (Å²) in [5, 5.41) is 12.4. The maximum Gasteiger partial charge on any atom is 0.416 e. The van der Waals surface area contributed by atoms with Crippen LogP contribution in [0.1, 0.15) is 41.0 Å². The highest BCUT2D eigenvalue weighted by Gasteiger charge is 2.33. The van der Waals surface area contributed by atoms with Crippen LogP contribution >= 0.6 is 0 Å². The first-order valence-electron chi connectivity index (χ1n) is 11.2. The molecule has 1 aromatic heterocycles. The lowest BCUT2D eigenvalue weighted by molar-refractivity contribution is -0.137. The monoisotopic (exact) mass is 465 g/mol. The van der Waals surface area contributed by atoms with E-state index in [2.05, 4.69) is 20.4 Å². The Balaban J connectivity index is 1.72. The summed E-state index contributed by atoms with van der Waals surface area (Å²) in [6.07, 6.45) is -3.73. The van der Waals surface area contributed by atoms with Crippen LogP contribution in [0.5, 0.6) is 0 Å². The van der Waals surface area contributed by atoms with Crippen LogP contribution in [0.4, 0.5) is 13.2 Å². The Bertz CT molecular complexity index is 1180. The standard InChI is InChI=1S/C26H26F3N5/c1-2-33(19-21-12-7-4-8-13-21)24(22-14-9-15-23(18-22)26(27,28)29)25-30-31-32-34(25)17-16-20-10-5-3-6-11-20/h3-15,18,24H,2,16-17,19H2,1H3. The molecule has 0 bridgehead atoms. The summed E-state index contributed by atoms with van der Waals surface area (Å²) < 4.78 is 42.3. The topological polar surface area (TPSA) is 46.8 Å². The lowest BCUT2D eigenvalue weighted by Gasteiger charge is -2.30. The van der Waals surface area contributed by atoms with Crippen LogP contribution in [0.2, 0.25) is 0 Å². The minimum absolute atomic E-state index is 0.503. The van der Waals surface area contributed by atoms with E-state index in [1.165, 1.54) is 12.1 Å². The number of hydrogen-bond donors (Lipinski definition) is 0. The van der Waals surface area contributed by atoms with Crippen molar-refractivity contribution in [1.82, 2.24) is 25.1 Å². The zero-order chi connectivity index (χ0) is 24.0. The molecule has 0 N–H and O–H groups in total. The summed E-state index contributed by atoms with van der Waals surface area (Å²) in [5.74, 6) is 0.521. The summed E-state index contributed by atoms with van der Waals surface area (Å²) >= 11 is 0. The molecule has 3 aromatic carbocycles. The predicted molar refractivity (Wildman–Crippen MR) is 124 cm³/mol. The fourth-order valence-corrected chi connectivity index (χ4v) is 4.06. The van der Waals surface area contributed by atoms with Crippen molar-refractivity contribution in [3.8, 4) is 0 Å². The smallest absolute Gasteiger partial charge is 0.286 e. The number of nitrogens with zero attached hydrogens (tertiary/aromatic N) is 5. The minimum atomic E-state index is -4.43. The fraction of sp³-hybridized carbons (Fsp3) is 0.269. The summed E-state index contributed by atoms with van der Waals surface area (Å²) in [4.78, 5) is 2.09. The highest BCUT2D eigenvalue weighted by Crippen LogP contribution is 2.34. The van der Waals surface area contributed by atoms with Gasteiger partial charge in [0, 0.05) is 13.1 Å². The highest BCUT2D eigenvalue weighted by molar-refractivity contribution is 5.32. The van der Waals surface area contributed by atoms with Crippen LogP contribution in [0.25, 0.3) is 0 Å². The van der Waals surface area contributed by atoms with E-state index in [0.717, 1.165) is 17.2 Å². The van der Waals surface area contributed by atoms with Gasteiger partial charge in [0.05, 0.1) is 11.6 Å². The maximum atomic E-state index is 13.5. The van der Waals surface area contributed by atoms with Gasteiger partial charge < -0.3 is 0 Å². The Hall–Kier alpha value is -3.52. The lowest BCUT2D eigenvalue weighted by Crippen LogP contribution is -2.32. The normalized spacial score (nSPS) is 12.7. The molecule has 4 rings (SSSR count).